The number of hydrogen-bond acceptors (Lipinski definition) is 5. The molecule has 3 aliphatic rings. The average Bonchev–Trinajstić information content (AvgIpc) is 3.14. The second kappa shape index (κ2) is 5.19. The third-order valence-corrected chi connectivity index (χ3v) is 4.82. The van der Waals surface area contributed by atoms with E-state index in [1.54, 1.807) is 12.1 Å². The fraction of sp³-hybridized carbons (Fsp3) is 0.375. The van der Waals surface area contributed by atoms with Gasteiger partial charge in [0.05, 0.1) is 12.2 Å². The third-order valence-electron chi connectivity index (χ3n) is 4.58. The number of carbonyl (C=O) groups is 1. The predicted molar refractivity (Wildman–Crippen MR) is 92.7 cm³/mol. The van der Waals surface area contributed by atoms with Gasteiger partial charge in [0.15, 0.2) is 0 Å². The first-order valence-corrected chi connectivity index (χ1v) is 8.61. The number of halogens is 1. The standard InChI is InChI=1S/C16H15ClN6O2/c17-9-1-4-11-12(7-9)23-15(21-6-5-18-14(11)21)20-22(16(23)25)8-13(24)19-10-2-3-10/h1,4,7,10H,2-3,5-6,8H2,(H,19,24). The molecule has 0 unspecified atom stereocenters. The summed E-state index contributed by atoms with van der Waals surface area (Å²) < 4.78 is 2.72. The van der Waals surface area contributed by atoms with E-state index in [1.165, 1.54) is 9.25 Å². The number of hydrogen-bond donors (Lipinski definition) is 1. The molecule has 8 nitrogen and oxygen atoms in total. The lowest BCUT2D eigenvalue weighted by Gasteiger charge is -2.26. The van der Waals surface area contributed by atoms with Crippen molar-refractivity contribution >= 4 is 29.3 Å². The lowest BCUT2D eigenvalue weighted by molar-refractivity contribution is -0.122. The van der Waals surface area contributed by atoms with Crippen LogP contribution in [0.15, 0.2) is 28.0 Å². The molecule has 2 aromatic rings. The number of nitrogens with zero attached hydrogens (tertiary/aromatic N) is 5. The van der Waals surface area contributed by atoms with Crippen LogP contribution in [0.25, 0.3) is 5.69 Å². The highest BCUT2D eigenvalue weighted by Gasteiger charge is 2.35. The Morgan fingerprint density at radius 2 is 2.20 bits per heavy atom. The largest absolute Gasteiger partial charge is 0.352 e. The second-order valence-electron chi connectivity index (χ2n) is 6.44. The van der Waals surface area contributed by atoms with Crippen molar-refractivity contribution in [3.05, 3.63) is 39.3 Å². The third kappa shape index (κ3) is 2.28. The molecule has 1 amide bonds. The molecule has 25 heavy (non-hydrogen) atoms. The molecule has 1 N–H and O–H groups in total. The van der Waals surface area contributed by atoms with Crippen molar-refractivity contribution in [3.8, 4) is 5.69 Å². The summed E-state index contributed by atoms with van der Waals surface area (Å²) in [6, 6.07) is 5.62. The fourth-order valence-corrected chi connectivity index (χ4v) is 3.44. The van der Waals surface area contributed by atoms with E-state index in [2.05, 4.69) is 15.4 Å². The number of amidine groups is 1. The van der Waals surface area contributed by atoms with Crippen molar-refractivity contribution in [2.75, 3.05) is 18.0 Å². The van der Waals surface area contributed by atoms with Crippen molar-refractivity contribution < 1.29 is 4.79 Å². The molecular formula is C16H15ClN6O2. The minimum atomic E-state index is -0.351. The smallest absolute Gasteiger partial charge is 0.352 e. The van der Waals surface area contributed by atoms with Crippen LogP contribution in [-0.2, 0) is 11.3 Å². The molecule has 1 fully saturated rings. The number of amides is 1. The SMILES string of the molecule is O=C(Cn1nc2n(c1=O)-c1cc(Cl)ccc1C1=NCCN12)NC1CC1. The van der Waals surface area contributed by atoms with Crippen LogP contribution >= 0.6 is 11.6 Å². The number of aliphatic imine (C=N–C) groups is 1. The topological polar surface area (TPSA) is 84.5 Å². The van der Waals surface area contributed by atoms with Gasteiger partial charge >= 0.3 is 5.69 Å². The van der Waals surface area contributed by atoms with Crippen LogP contribution in [0.4, 0.5) is 5.95 Å². The maximum absolute atomic E-state index is 12.9. The van der Waals surface area contributed by atoms with Gasteiger partial charge in [-0.1, -0.05) is 11.6 Å². The maximum Gasteiger partial charge on any atom is 0.352 e. The Kier molecular flexibility index (Phi) is 3.05. The van der Waals surface area contributed by atoms with Crippen LogP contribution in [0.3, 0.4) is 0 Å². The highest BCUT2D eigenvalue weighted by atomic mass is 35.5. The number of nitrogens with one attached hydrogen (secondary N) is 1. The molecule has 1 saturated carbocycles. The lowest BCUT2D eigenvalue weighted by atomic mass is 10.1. The molecule has 0 radical (unpaired) electrons. The summed E-state index contributed by atoms with van der Waals surface area (Å²) >= 11 is 6.13. The van der Waals surface area contributed by atoms with Crippen LogP contribution in [-0.4, -0.2) is 45.2 Å². The summed E-state index contributed by atoms with van der Waals surface area (Å²) in [5.74, 6) is 1.08. The summed E-state index contributed by atoms with van der Waals surface area (Å²) in [5.41, 5.74) is 1.15. The number of fused-ring (bicyclic) bond motifs is 6. The predicted octanol–water partition coefficient (Wildman–Crippen LogP) is 0.546. The zero-order valence-electron chi connectivity index (χ0n) is 13.3. The van der Waals surface area contributed by atoms with Crippen molar-refractivity contribution in [2.45, 2.75) is 25.4 Å². The Balaban J connectivity index is 1.62. The van der Waals surface area contributed by atoms with E-state index in [0.29, 0.717) is 29.7 Å². The first-order valence-electron chi connectivity index (χ1n) is 8.23. The summed E-state index contributed by atoms with van der Waals surface area (Å²) in [6.07, 6.45) is 2.00. The van der Waals surface area contributed by atoms with Gasteiger partial charge in [0.25, 0.3) is 0 Å². The monoisotopic (exact) mass is 358 g/mol. The van der Waals surface area contributed by atoms with Crippen LogP contribution < -0.4 is 15.9 Å². The fourth-order valence-electron chi connectivity index (χ4n) is 3.27. The van der Waals surface area contributed by atoms with E-state index in [0.717, 1.165) is 24.2 Å². The van der Waals surface area contributed by atoms with Crippen LogP contribution in [0.1, 0.15) is 18.4 Å². The molecule has 0 spiro atoms. The van der Waals surface area contributed by atoms with Crippen LogP contribution in [0, 0.1) is 0 Å². The molecule has 3 heterocycles. The Morgan fingerprint density at radius 1 is 1.36 bits per heavy atom. The molecular weight excluding hydrogens is 344 g/mol. The van der Waals surface area contributed by atoms with Gasteiger partial charge in [-0.15, -0.1) is 5.10 Å². The molecule has 1 aliphatic carbocycles. The van der Waals surface area contributed by atoms with Crippen LogP contribution in [0.5, 0.6) is 0 Å². The lowest BCUT2D eigenvalue weighted by Crippen LogP contribution is -2.38. The molecule has 1 aromatic heterocycles. The Morgan fingerprint density at radius 3 is 3.00 bits per heavy atom. The van der Waals surface area contributed by atoms with Gasteiger partial charge < -0.3 is 5.32 Å². The highest BCUT2D eigenvalue weighted by molar-refractivity contribution is 6.31. The second-order valence-corrected chi connectivity index (χ2v) is 6.87. The van der Waals surface area contributed by atoms with Gasteiger partial charge in [-0.25, -0.2) is 14.0 Å². The summed E-state index contributed by atoms with van der Waals surface area (Å²) in [5, 5.41) is 7.81. The summed E-state index contributed by atoms with van der Waals surface area (Å²) in [4.78, 5) is 31.4. The highest BCUT2D eigenvalue weighted by Crippen LogP contribution is 2.31. The summed E-state index contributed by atoms with van der Waals surface area (Å²) in [6.45, 7) is 1.20. The number of carbonyl (C=O) groups excluding carboxylic acids is 1. The van der Waals surface area contributed by atoms with E-state index >= 15 is 0 Å². The zero-order chi connectivity index (χ0) is 17.1. The van der Waals surface area contributed by atoms with Gasteiger partial charge in [-0.05, 0) is 31.0 Å². The number of benzene rings is 1. The molecule has 5 rings (SSSR count). The molecule has 0 saturated heterocycles. The van der Waals surface area contributed by atoms with Crippen molar-refractivity contribution in [2.24, 2.45) is 4.99 Å². The number of anilines is 1. The normalized spacial score (nSPS) is 17.6. The Bertz CT molecular complexity index is 987. The van der Waals surface area contributed by atoms with Gasteiger partial charge in [-0.2, -0.15) is 0 Å². The van der Waals surface area contributed by atoms with Crippen molar-refractivity contribution in [3.63, 3.8) is 0 Å². The summed E-state index contributed by atoms with van der Waals surface area (Å²) in [7, 11) is 0. The molecule has 1 aromatic carbocycles. The molecule has 2 aliphatic heterocycles. The molecule has 0 bridgehead atoms. The van der Waals surface area contributed by atoms with Crippen molar-refractivity contribution in [1.82, 2.24) is 19.7 Å². The van der Waals surface area contributed by atoms with E-state index in [1.807, 2.05) is 11.0 Å². The van der Waals surface area contributed by atoms with Gasteiger partial charge in [0.2, 0.25) is 11.9 Å². The van der Waals surface area contributed by atoms with E-state index in [4.69, 9.17) is 11.6 Å². The van der Waals surface area contributed by atoms with Crippen LogP contribution in [0.2, 0.25) is 5.02 Å². The van der Waals surface area contributed by atoms with Gasteiger partial charge in [0.1, 0.15) is 12.4 Å². The van der Waals surface area contributed by atoms with E-state index in [9.17, 15) is 9.59 Å². The first-order chi connectivity index (χ1) is 12.1. The van der Waals surface area contributed by atoms with Crippen molar-refractivity contribution in [1.29, 1.82) is 0 Å². The average molecular weight is 359 g/mol. The minimum Gasteiger partial charge on any atom is -0.352 e. The quantitative estimate of drug-likeness (QED) is 0.868. The minimum absolute atomic E-state index is 0.0917. The molecule has 9 heteroatoms. The first kappa shape index (κ1) is 14.7. The number of aromatic nitrogens is 3. The van der Waals surface area contributed by atoms with E-state index in [-0.39, 0.29) is 24.2 Å². The van der Waals surface area contributed by atoms with Gasteiger partial charge in [-0.3, -0.25) is 14.7 Å². The Hall–Kier alpha value is -2.61. The Labute approximate surface area is 147 Å². The zero-order valence-corrected chi connectivity index (χ0v) is 14.0. The molecule has 0 atom stereocenters. The number of rotatable bonds is 3. The van der Waals surface area contributed by atoms with Gasteiger partial charge in [0, 0.05) is 23.2 Å². The van der Waals surface area contributed by atoms with E-state index < -0.39 is 0 Å². The molecule has 128 valence electrons. The maximum atomic E-state index is 12.9.